The summed E-state index contributed by atoms with van der Waals surface area (Å²) in [5, 5.41) is 12.4. The van der Waals surface area contributed by atoms with Crippen LogP contribution in [0.4, 0.5) is 5.69 Å². The first-order valence-corrected chi connectivity index (χ1v) is 9.93. The number of halogens is 1. The van der Waals surface area contributed by atoms with Crippen LogP contribution in [0, 0.1) is 18.3 Å². The van der Waals surface area contributed by atoms with Crippen LogP contribution < -0.4 is 14.8 Å². The second kappa shape index (κ2) is 10.3. The highest BCUT2D eigenvalue weighted by atomic mass is 35.5. The Morgan fingerprint density at radius 1 is 1.03 bits per heavy atom. The third-order valence-corrected chi connectivity index (χ3v) is 4.80. The summed E-state index contributed by atoms with van der Waals surface area (Å²) in [4.78, 5) is 24.9. The molecule has 7 heteroatoms. The fraction of sp³-hybridized carbons (Fsp3) is 0.0800. The number of carbonyl (C=O) groups is 2. The maximum absolute atomic E-state index is 12.5. The van der Waals surface area contributed by atoms with Crippen LogP contribution in [-0.4, -0.2) is 19.0 Å². The Morgan fingerprint density at radius 3 is 2.41 bits per heavy atom. The van der Waals surface area contributed by atoms with Crippen molar-refractivity contribution in [3.8, 4) is 17.6 Å². The van der Waals surface area contributed by atoms with Gasteiger partial charge in [-0.3, -0.25) is 4.79 Å². The van der Waals surface area contributed by atoms with E-state index in [0.717, 1.165) is 5.56 Å². The molecule has 0 bridgehead atoms. The molecule has 32 heavy (non-hydrogen) atoms. The van der Waals surface area contributed by atoms with Gasteiger partial charge < -0.3 is 14.8 Å². The largest absolute Gasteiger partial charge is 0.493 e. The van der Waals surface area contributed by atoms with Gasteiger partial charge in [-0.15, -0.1) is 0 Å². The number of methoxy groups -OCH3 is 1. The number of nitriles is 1. The van der Waals surface area contributed by atoms with Crippen molar-refractivity contribution in [2.75, 3.05) is 12.4 Å². The van der Waals surface area contributed by atoms with Crippen LogP contribution in [0.3, 0.4) is 0 Å². The van der Waals surface area contributed by atoms with Gasteiger partial charge in [0.1, 0.15) is 11.6 Å². The van der Waals surface area contributed by atoms with Gasteiger partial charge in [0.2, 0.25) is 0 Å². The molecule has 0 unspecified atom stereocenters. The van der Waals surface area contributed by atoms with Gasteiger partial charge in [-0.1, -0.05) is 47.5 Å². The normalized spacial score (nSPS) is 10.8. The van der Waals surface area contributed by atoms with E-state index < -0.39 is 11.9 Å². The molecule has 1 amide bonds. The van der Waals surface area contributed by atoms with E-state index >= 15 is 0 Å². The molecule has 0 heterocycles. The summed E-state index contributed by atoms with van der Waals surface area (Å²) in [6, 6.07) is 20.4. The van der Waals surface area contributed by atoms with E-state index in [1.165, 1.54) is 19.3 Å². The number of ether oxygens (including phenoxy) is 2. The molecule has 0 atom stereocenters. The molecule has 3 aromatic rings. The minimum atomic E-state index is -0.632. The van der Waals surface area contributed by atoms with Gasteiger partial charge >= 0.3 is 5.97 Å². The summed E-state index contributed by atoms with van der Waals surface area (Å²) < 4.78 is 10.7. The topological polar surface area (TPSA) is 88.4 Å². The molecule has 0 saturated carbocycles. The van der Waals surface area contributed by atoms with Crippen LogP contribution in [0.25, 0.3) is 6.08 Å². The highest BCUT2D eigenvalue weighted by molar-refractivity contribution is 6.33. The van der Waals surface area contributed by atoms with Crippen molar-refractivity contribution in [1.82, 2.24) is 0 Å². The van der Waals surface area contributed by atoms with Gasteiger partial charge in [0.05, 0.1) is 17.7 Å². The van der Waals surface area contributed by atoms with Crippen LogP contribution in [0.1, 0.15) is 21.5 Å². The van der Waals surface area contributed by atoms with Gasteiger partial charge in [0.15, 0.2) is 11.5 Å². The molecule has 6 nitrogen and oxygen atoms in total. The zero-order valence-corrected chi connectivity index (χ0v) is 18.1. The zero-order chi connectivity index (χ0) is 23.1. The summed E-state index contributed by atoms with van der Waals surface area (Å²) >= 11 is 6.04. The minimum absolute atomic E-state index is 0.0894. The summed E-state index contributed by atoms with van der Waals surface area (Å²) in [6.45, 7) is 1.94. The molecule has 0 spiro atoms. The first-order chi connectivity index (χ1) is 15.4. The van der Waals surface area contributed by atoms with Crippen molar-refractivity contribution in [1.29, 1.82) is 5.26 Å². The van der Waals surface area contributed by atoms with E-state index in [9.17, 15) is 14.9 Å². The van der Waals surface area contributed by atoms with Crippen molar-refractivity contribution in [2.45, 2.75) is 6.92 Å². The lowest BCUT2D eigenvalue weighted by atomic mass is 10.1. The number of anilines is 1. The molecule has 0 saturated heterocycles. The minimum Gasteiger partial charge on any atom is -0.493 e. The maximum Gasteiger partial charge on any atom is 0.345 e. The molecule has 3 aromatic carbocycles. The number of benzene rings is 3. The Balaban J connectivity index is 1.80. The predicted octanol–water partition coefficient (Wildman–Crippen LogP) is 5.42. The molecule has 0 aliphatic heterocycles. The number of esters is 1. The molecule has 0 aromatic heterocycles. The van der Waals surface area contributed by atoms with Gasteiger partial charge in [-0.25, -0.2) is 4.79 Å². The Labute approximate surface area is 190 Å². The van der Waals surface area contributed by atoms with Crippen LogP contribution in [0.2, 0.25) is 5.02 Å². The SMILES string of the molecule is COc1cc(/C=C(\C#N)C(=O)Nc2ccc(C)cc2)ccc1OC(=O)c1ccccc1Cl. The number of amides is 1. The summed E-state index contributed by atoms with van der Waals surface area (Å²) in [5.74, 6) is -0.732. The fourth-order valence-electron chi connectivity index (χ4n) is 2.79. The maximum atomic E-state index is 12.5. The average molecular weight is 447 g/mol. The van der Waals surface area contributed by atoms with Crippen LogP contribution in [0.15, 0.2) is 72.3 Å². The molecular formula is C25H19ClN2O4. The first kappa shape index (κ1) is 22.6. The molecule has 0 radical (unpaired) electrons. The van der Waals surface area contributed by atoms with Crippen molar-refractivity contribution >= 4 is 35.2 Å². The quantitative estimate of drug-likeness (QED) is 0.236. The van der Waals surface area contributed by atoms with E-state index in [0.29, 0.717) is 11.3 Å². The smallest absolute Gasteiger partial charge is 0.345 e. The number of rotatable bonds is 6. The van der Waals surface area contributed by atoms with Gasteiger partial charge in [-0.2, -0.15) is 5.26 Å². The monoisotopic (exact) mass is 446 g/mol. The van der Waals surface area contributed by atoms with Crippen LogP contribution >= 0.6 is 11.6 Å². The Hall–Kier alpha value is -4.08. The van der Waals surface area contributed by atoms with Crippen molar-refractivity contribution in [3.05, 3.63) is 94.0 Å². The second-order valence-corrected chi connectivity index (χ2v) is 7.18. The molecule has 1 N–H and O–H groups in total. The summed E-state index contributed by atoms with van der Waals surface area (Å²) in [5.41, 5.74) is 2.30. The highest BCUT2D eigenvalue weighted by Crippen LogP contribution is 2.30. The van der Waals surface area contributed by atoms with E-state index in [-0.39, 0.29) is 27.7 Å². The number of carbonyl (C=O) groups excluding carboxylic acids is 2. The predicted molar refractivity (Wildman–Crippen MR) is 123 cm³/mol. The second-order valence-electron chi connectivity index (χ2n) is 6.77. The Morgan fingerprint density at radius 2 is 1.75 bits per heavy atom. The Bertz CT molecular complexity index is 1230. The van der Waals surface area contributed by atoms with E-state index in [1.807, 2.05) is 25.1 Å². The molecule has 0 fully saturated rings. The third kappa shape index (κ3) is 5.54. The zero-order valence-electron chi connectivity index (χ0n) is 17.4. The number of nitrogens with one attached hydrogen (secondary N) is 1. The molecule has 160 valence electrons. The van der Waals surface area contributed by atoms with Crippen molar-refractivity contribution < 1.29 is 19.1 Å². The first-order valence-electron chi connectivity index (χ1n) is 9.56. The lowest BCUT2D eigenvalue weighted by molar-refractivity contribution is -0.112. The summed E-state index contributed by atoms with van der Waals surface area (Å²) in [7, 11) is 1.42. The highest BCUT2D eigenvalue weighted by Gasteiger charge is 2.16. The van der Waals surface area contributed by atoms with Crippen LogP contribution in [0.5, 0.6) is 11.5 Å². The number of nitrogens with zero attached hydrogens (tertiary/aromatic N) is 1. The van der Waals surface area contributed by atoms with Gasteiger partial charge in [0, 0.05) is 5.69 Å². The van der Waals surface area contributed by atoms with Gasteiger partial charge in [-0.05, 0) is 55.0 Å². The molecule has 3 rings (SSSR count). The number of hydrogen-bond acceptors (Lipinski definition) is 5. The lowest BCUT2D eigenvalue weighted by Gasteiger charge is -2.11. The average Bonchev–Trinajstić information content (AvgIpc) is 2.79. The third-order valence-electron chi connectivity index (χ3n) is 4.47. The van der Waals surface area contributed by atoms with E-state index in [2.05, 4.69) is 5.32 Å². The standard InChI is InChI=1S/C25H19ClN2O4/c1-16-7-10-19(11-8-16)28-24(29)18(15-27)13-17-9-12-22(23(14-17)31-2)32-25(30)20-5-3-4-6-21(20)26/h3-14H,1-2H3,(H,28,29)/b18-13+. The van der Waals surface area contributed by atoms with Crippen LogP contribution in [-0.2, 0) is 4.79 Å². The van der Waals surface area contributed by atoms with Gasteiger partial charge in [0.25, 0.3) is 5.91 Å². The number of hydrogen-bond donors (Lipinski definition) is 1. The molecule has 0 aliphatic carbocycles. The van der Waals surface area contributed by atoms with Crippen molar-refractivity contribution in [3.63, 3.8) is 0 Å². The number of aryl methyl sites for hydroxylation is 1. The lowest BCUT2D eigenvalue weighted by Crippen LogP contribution is -2.13. The van der Waals surface area contributed by atoms with Crippen molar-refractivity contribution in [2.24, 2.45) is 0 Å². The Kier molecular flexibility index (Phi) is 7.27. The van der Waals surface area contributed by atoms with E-state index in [4.69, 9.17) is 21.1 Å². The fourth-order valence-corrected chi connectivity index (χ4v) is 3.00. The molecule has 0 aliphatic rings. The summed E-state index contributed by atoms with van der Waals surface area (Å²) in [6.07, 6.45) is 1.42. The molecular weight excluding hydrogens is 428 g/mol. The van der Waals surface area contributed by atoms with E-state index in [1.54, 1.807) is 48.5 Å².